The van der Waals surface area contributed by atoms with E-state index >= 15 is 0 Å². The standard InChI is InChI=1S/C21H28FNO5/c1-4-7-8-17-16(13-24)18(14-9-11-15(22)12-10-14)23-21(17,19(25)27-5-2)20(26)28-6-3/h9-13,16-18,23H,4-8H2,1-3H3/t16-,17-,18-/m1/s1. The first-order chi connectivity index (χ1) is 13.5. The van der Waals surface area contributed by atoms with Gasteiger partial charge >= 0.3 is 11.9 Å². The summed E-state index contributed by atoms with van der Waals surface area (Å²) in [6, 6.07) is 5.04. The Hall–Kier alpha value is -2.28. The second kappa shape index (κ2) is 9.78. The summed E-state index contributed by atoms with van der Waals surface area (Å²) in [5.41, 5.74) is -1.15. The van der Waals surface area contributed by atoms with E-state index in [1.54, 1.807) is 26.0 Å². The molecule has 154 valence electrons. The van der Waals surface area contributed by atoms with Crippen molar-refractivity contribution in [3.63, 3.8) is 0 Å². The highest BCUT2D eigenvalue weighted by atomic mass is 19.1. The van der Waals surface area contributed by atoms with Crippen LogP contribution in [0.5, 0.6) is 0 Å². The van der Waals surface area contributed by atoms with E-state index < -0.39 is 41.2 Å². The summed E-state index contributed by atoms with van der Waals surface area (Å²) < 4.78 is 23.8. The van der Waals surface area contributed by atoms with Gasteiger partial charge in [0.15, 0.2) is 0 Å². The first kappa shape index (κ1) is 22.0. The van der Waals surface area contributed by atoms with Gasteiger partial charge in [0.1, 0.15) is 12.1 Å². The highest BCUT2D eigenvalue weighted by Crippen LogP contribution is 2.46. The van der Waals surface area contributed by atoms with E-state index in [9.17, 15) is 18.8 Å². The number of halogens is 1. The van der Waals surface area contributed by atoms with Gasteiger partial charge in [0, 0.05) is 17.9 Å². The minimum absolute atomic E-state index is 0.0924. The molecule has 0 radical (unpaired) electrons. The number of esters is 2. The van der Waals surface area contributed by atoms with Crippen molar-refractivity contribution in [1.82, 2.24) is 5.32 Å². The van der Waals surface area contributed by atoms with E-state index in [1.807, 2.05) is 6.92 Å². The van der Waals surface area contributed by atoms with Gasteiger partial charge < -0.3 is 14.3 Å². The summed E-state index contributed by atoms with van der Waals surface area (Å²) in [6.07, 6.45) is 2.81. The molecule has 1 aliphatic heterocycles. The van der Waals surface area contributed by atoms with Gasteiger partial charge in [-0.25, -0.2) is 14.0 Å². The summed E-state index contributed by atoms with van der Waals surface area (Å²) in [5, 5.41) is 3.07. The highest BCUT2D eigenvalue weighted by Gasteiger charge is 2.64. The van der Waals surface area contributed by atoms with Crippen LogP contribution in [0.4, 0.5) is 4.39 Å². The third-order valence-electron chi connectivity index (χ3n) is 5.24. The number of unbranched alkanes of at least 4 members (excludes halogenated alkanes) is 1. The van der Waals surface area contributed by atoms with Crippen molar-refractivity contribution in [3.8, 4) is 0 Å². The Balaban J connectivity index is 2.57. The Morgan fingerprint density at radius 1 is 1.11 bits per heavy atom. The molecule has 1 heterocycles. The fraction of sp³-hybridized carbons (Fsp3) is 0.571. The van der Waals surface area contributed by atoms with Crippen LogP contribution in [0.15, 0.2) is 24.3 Å². The number of ether oxygens (including phenoxy) is 2. The highest BCUT2D eigenvalue weighted by molar-refractivity contribution is 6.06. The van der Waals surface area contributed by atoms with E-state index in [4.69, 9.17) is 9.47 Å². The molecule has 2 rings (SSSR count). The molecule has 1 N–H and O–H groups in total. The first-order valence-electron chi connectivity index (χ1n) is 9.79. The van der Waals surface area contributed by atoms with Crippen molar-refractivity contribution in [2.75, 3.05) is 13.2 Å². The van der Waals surface area contributed by atoms with Crippen LogP contribution in [0.25, 0.3) is 0 Å². The minimum Gasteiger partial charge on any atom is -0.464 e. The number of hydrogen-bond acceptors (Lipinski definition) is 6. The fourth-order valence-corrected chi connectivity index (χ4v) is 3.95. The maximum Gasteiger partial charge on any atom is 0.338 e. The zero-order valence-electron chi connectivity index (χ0n) is 16.6. The predicted octanol–water partition coefficient (Wildman–Crippen LogP) is 2.96. The van der Waals surface area contributed by atoms with Gasteiger partial charge in [0.05, 0.1) is 13.2 Å². The van der Waals surface area contributed by atoms with Gasteiger partial charge in [0.2, 0.25) is 5.54 Å². The van der Waals surface area contributed by atoms with Gasteiger partial charge in [-0.05, 0) is 38.0 Å². The van der Waals surface area contributed by atoms with Crippen LogP contribution in [-0.2, 0) is 23.9 Å². The van der Waals surface area contributed by atoms with Gasteiger partial charge in [-0.1, -0.05) is 31.9 Å². The summed E-state index contributed by atoms with van der Waals surface area (Å²) in [7, 11) is 0. The van der Waals surface area contributed by atoms with Crippen LogP contribution >= 0.6 is 0 Å². The van der Waals surface area contributed by atoms with Crippen molar-refractivity contribution in [1.29, 1.82) is 0 Å². The number of carbonyl (C=O) groups is 3. The Morgan fingerprint density at radius 2 is 1.68 bits per heavy atom. The number of rotatable bonds is 9. The van der Waals surface area contributed by atoms with Gasteiger partial charge in [-0.3, -0.25) is 5.32 Å². The van der Waals surface area contributed by atoms with Gasteiger partial charge in [-0.15, -0.1) is 0 Å². The van der Waals surface area contributed by atoms with E-state index in [0.29, 0.717) is 12.0 Å². The van der Waals surface area contributed by atoms with E-state index in [-0.39, 0.29) is 13.2 Å². The molecule has 1 aromatic carbocycles. The minimum atomic E-state index is -1.77. The molecule has 1 aliphatic rings. The molecule has 1 saturated heterocycles. The zero-order chi connectivity index (χ0) is 20.7. The summed E-state index contributed by atoms with van der Waals surface area (Å²) in [5.74, 6) is -3.19. The molecule has 0 saturated carbocycles. The van der Waals surface area contributed by atoms with Crippen LogP contribution in [-0.4, -0.2) is 37.0 Å². The Labute approximate surface area is 164 Å². The van der Waals surface area contributed by atoms with Crippen LogP contribution in [0.1, 0.15) is 51.6 Å². The van der Waals surface area contributed by atoms with Crippen LogP contribution < -0.4 is 5.32 Å². The second-order valence-electron chi connectivity index (χ2n) is 6.88. The molecule has 6 nitrogen and oxygen atoms in total. The Morgan fingerprint density at radius 3 is 2.14 bits per heavy atom. The molecule has 0 unspecified atom stereocenters. The summed E-state index contributed by atoms with van der Waals surface area (Å²) in [4.78, 5) is 38.0. The molecule has 0 aromatic heterocycles. The van der Waals surface area contributed by atoms with Crippen molar-refractivity contribution < 1.29 is 28.2 Å². The number of carbonyl (C=O) groups excluding carboxylic acids is 3. The Bertz CT molecular complexity index is 673. The molecule has 0 spiro atoms. The SMILES string of the molecule is CCCC[C@@H]1[C@@H](C=O)[C@@H](c2ccc(F)cc2)NC1(C(=O)OCC)C(=O)OCC. The average Bonchev–Trinajstić information content (AvgIpc) is 3.02. The van der Waals surface area contributed by atoms with E-state index in [2.05, 4.69) is 5.32 Å². The lowest BCUT2D eigenvalue weighted by molar-refractivity contribution is -0.168. The molecule has 0 amide bonds. The van der Waals surface area contributed by atoms with Gasteiger partial charge in [0.25, 0.3) is 0 Å². The number of aldehydes is 1. The Kier molecular flexibility index (Phi) is 7.69. The molecular formula is C21H28FNO5. The third-order valence-corrected chi connectivity index (χ3v) is 5.24. The smallest absolute Gasteiger partial charge is 0.338 e. The lowest BCUT2D eigenvalue weighted by atomic mass is 9.75. The fourth-order valence-electron chi connectivity index (χ4n) is 3.95. The van der Waals surface area contributed by atoms with Crippen molar-refractivity contribution in [2.45, 2.75) is 51.6 Å². The summed E-state index contributed by atoms with van der Waals surface area (Å²) >= 11 is 0. The number of hydrogen-bond donors (Lipinski definition) is 1. The van der Waals surface area contributed by atoms with Gasteiger partial charge in [-0.2, -0.15) is 0 Å². The maximum absolute atomic E-state index is 13.4. The average molecular weight is 393 g/mol. The number of benzene rings is 1. The molecule has 0 bridgehead atoms. The second-order valence-corrected chi connectivity index (χ2v) is 6.88. The van der Waals surface area contributed by atoms with Crippen molar-refractivity contribution >= 4 is 18.2 Å². The van der Waals surface area contributed by atoms with E-state index in [1.165, 1.54) is 12.1 Å². The van der Waals surface area contributed by atoms with Crippen LogP contribution in [0.3, 0.4) is 0 Å². The normalized spacial score (nSPS) is 23.2. The zero-order valence-corrected chi connectivity index (χ0v) is 16.6. The molecule has 0 aliphatic carbocycles. The molecular weight excluding hydrogens is 365 g/mol. The van der Waals surface area contributed by atoms with E-state index in [0.717, 1.165) is 19.1 Å². The lowest BCUT2D eigenvalue weighted by Gasteiger charge is -2.31. The molecule has 28 heavy (non-hydrogen) atoms. The lowest BCUT2D eigenvalue weighted by Crippen LogP contribution is -2.60. The monoisotopic (exact) mass is 393 g/mol. The quantitative estimate of drug-likeness (QED) is 0.395. The molecule has 7 heteroatoms. The maximum atomic E-state index is 13.4. The number of nitrogens with one attached hydrogen (secondary N) is 1. The van der Waals surface area contributed by atoms with Crippen molar-refractivity contribution in [2.24, 2.45) is 11.8 Å². The van der Waals surface area contributed by atoms with Crippen LogP contribution in [0.2, 0.25) is 0 Å². The van der Waals surface area contributed by atoms with Crippen molar-refractivity contribution in [3.05, 3.63) is 35.6 Å². The largest absolute Gasteiger partial charge is 0.464 e. The third kappa shape index (κ3) is 4.09. The molecule has 1 aromatic rings. The first-order valence-corrected chi connectivity index (χ1v) is 9.79. The predicted molar refractivity (Wildman–Crippen MR) is 101 cm³/mol. The topological polar surface area (TPSA) is 81.7 Å². The van der Waals surface area contributed by atoms with Crippen LogP contribution in [0, 0.1) is 17.7 Å². The molecule has 3 atom stereocenters. The molecule has 1 fully saturated rings. The summed E-state index contributed by atoms with van der Waals surface area (Å²) in [6.45, 7) is 5.49.